The van der Waals surface area contributed by atoms with Crippen LogP contribution in [0.2, 0.25) is 0 Å². The van der Waals surface area contributed by atoms with Crippen molar-refractivity contribution >= 4 is 5.91 Å². The minimum atomic E-state index is -1.30. The number of rotatable bonds is 6. The van der Waals surface area contributed by atoms with E-state index in [0.717, 1.165) is 12.1 Å². The molecule has 112 valence electrons. The molecule has 0 aromatic heterocycles. The van der Waals surface area contributed by atoms with Gasteiger partial charge in [0.15, 0.2) is 0 Å². The Hall–Kier alpha value is -1.53. The molecule has 1 aromatic rings. The number of amides is 1. The molecule has 0 bridgehead atoms. The summed E-state index contributed by atoms with van der Waals surface area (Å²) in [6.07, 6.45) is -1.05. The Bertz CT molecular complexity index is 446. The van der Waals surface area contributed by atoms with Crippen molar-refractivity contribution in [2.45, 2.75) is 25.5 Å². The zero-order valence-corrected chi connectivity index (χ0v) is 11.9. The van der Waals surface area contributed by atoms with E-state index < -0.39 is 17.7 Å². The highest BCUT2D eigenvalue weighted by Gasteiger charge is 2.19. The Kier molecular flexibility index (Phi) is 6.04. The lowest BCUT2D eigenvalue weighted by atomic mass is 10.1. The molecule has 0 aliphatic carbocycles. The smallest absolute Gasteiger partial charge is 0.223 e. The zero-order valence-electron chi connectivity index (χ0n) is 11.9. The summed E-state index contributed by atoms with van der Waals surface area (Å²) in [6, 6.07) is 3.24. The minimum absolute atomic E-state index is 0.0280. The van der Waals surface area contributed by atoms with E-state index in [1.54, 1.807) is 21.0 Å². The summed E-state index contributed by atoms with van der Waals surface area (Å²) in [6.45, 7) is 1.74. The van der Waals surface area contributed by atoms with Crippen LogP contribution in [0.4, 0.5) is 8.78 Å². The second kappa shape index (κ2) is 7.31. The summed E-state index contributed by atoms with van der Waals surface area (Å²) in [7, 11) is 3.30. The molecule has 0 saturated heterocycles. The number of carbonyl (C=O) groups excluding carboxylic acids is 1. The van der Waals surface area contributed by atoms with Crippen molar-refractivity contribution in [3.63, 3.8) is 0 Å². The van der Waals surface area contributed by atoms with Crippen LogP contribution < -0.4 is 5.32 Å². The number of nitrogens with zero attached hydrogens (tertiary/aromatic N) is 1. The van der Waals surface area contributed by atoms with Crippen molar-refractivity contribution in [2.24, 2.45) is 0 Å². The van der Waals surface area contributed by atoms with Crippen molar-refractivity contribution in [2.75, 3.05) is 20.6 Å². The molecular formula is C14H20F2N2O2. The molecule has 0 heterocycles. The third kappa shape index (κ3) is 4.54. The summed E-state index contributed by atoms with van der Waals surface area (Å²) in [4.78, 5) is 12.9. The van der Waals surface area contributed by atoms with Crippen LogP contribution in [0.3, 0.4) is 0 Å². The first-order chi connectivity index (χ1) is 9.32. The summed E-state index contributed by atoms with van der Waals surface area (Å²) in [5, 5.41) is 12.7. The fourth-order valence-electron chi connectivity index (χ4n) is 1.76. The van der Waals surface area contributed by atoms with Gasteiger partial charge in [0.1, 0.15) is 11.6 Å². The van der Waals surface area contributed by atoms with Gasteiger partial charge in [0.05, 0.1) is 11.7 Å². The van der Waals surface area contributed by atoms with Gasteiger partial charge in [0, 0.05) is 33.1 Å². The van der Waals surface area contributed by atoms with E-state index in [1.165, 1.54) is 11.0 Å². The number of hydrogen-bond acceptors (Lipinski definition) is 3. The number of benzene rings is 1. The van der Waals surface area contributed by atoms with Crippen LogP contribution in [0.5, 0.6) is 0 Å². The summed E-state index contributed by atoms with van der Waals surface area (Å²) in [5.41, 5.74) is -0.355. The van der Waals surface area contributed by atoms with Gasteiger partial charge < -0.3 is 15.3 Å². The van der Waals surface area contributed by atoms with Crippen LogP contribution in [0.25, 0.3) is 0 Å². The fraction of sp³-hybridized carbons (Fsp3) is 0.500. The molecule has 0 aliphatic heterocycles. The van der Waals surface area contributed by atoms with Crippen LogP contribution in [-0.4, -0.2) is 42.6 Å². The maximum Gasteiger partial charge on any atom is 0.223 e. The molecular weight excluding hydrogens is 266 g/mol. The summed E-state index contributed by atoms with van der Waals surface area (Å²) < 4.78 is 26.9. The normalized spacial score (nSPS) is 13.9. The molecule has 2 atom stereocenters. The molecule has 1 aromatic carbocycles. The van der Waals surface area contributed by atoms with Gasteiger partial charge >= 0.3 is 0 Å². The first kappa shape index (κ1) is 16.5. The van der Waals surface area contributed by atoms with Gasteiger partial charge in [-0.3, -0.25) is 4.79 Å². The lowest BCUT2D eigenvalue weighted by Crippen LogP contribution is -2.35. The molecule has 6 heteroatoms. The van der Waals surface area contributed by atoms with Crippen molar-refractivity contribution in [3.05, 3.63) is 35.4 Å². The Labute approximate surface area is 117 Å². The second-order valence-corrected chi connectivity index (χ2v) is 4.95. The van der Waals surface area contributed by atoms with E-state index in [0.29, 0.717) is 0 Å². The monoisotopic (exact) mass is 286 g/mol. The van der Waals surface area contributed by atoms with Gasteiger partial charge in [-0.25, -0.2) is 8.78 Å². The lowest BCUT2D eigenvalue weighted by molar-refractivity contribution is -0.129. The maximum absolute atomic E-state index is 13.5. The largest absolute Gasteiger partial charge is 0.387 e. The van der Waals surface area contributed by atoms with Crippen molar-refractivity contribution in [1.82, 2.24) is 10.2 Å². The van der Waals surface area contributed by atoms with Crippen LogP contribution in [0.15, 0.2) is 18.2 Å². The van der Waals surface area contributed by atoms with Crippen LogP contribution in [0.1, 0.15) is 25.0 Å². The van der Waals surface area contributed by atoms with E-state index >= 15 is 0 Å². The first-order valence-electron chi connectivity index (χ1n) is 6.38. The number of halogens is 2. The SMILES string of the molecule is CC(CC(=O)N(C)C)NCC(O)c1c(F)cccc1F. The van der Waals surface area contributed by atoms with Gasteiger partial charge in [0.25, 0.3) is 0 Å². The van der Waals surface area contributed by atoms with Crippen LogP contribution in [-0.2, 0) is 4.79 Å². The molecule has 0 spiro atoms. The first-order valence-corrected chi connectivity index (χ1v) is 6.38. The number of hydrogen-bond donors (Lipinski definition) is 2. The van der Waals surface area contributed by atoms with Gasteiger partial charge in [-0.15, -0.1) is 0 Å². The van der Waals surface area contributed by atoms with E-state index in [9.17, 15) is 18.7 Å². The predicted octanol–water partition coefficient (Wildman–Crippen LogP) is 1.45. The molecule has 1 rings (SSSR count). The molecule has 0 saturated carbocycles. The maximum atomic E-state index is 13.5. The second-order valence-electron chi connectivity index (χ2n) is 4.95. The van der Waals surface area contributed by atoms with Gasteiger partial charge in [-0.2, -0.15) is 0 Å². The predicted molar refractivity (Wildman–Crippen MR) is 72.1 cm³/mol. The molecule has 2 unspecified atom stereocenters. The van der Waals surface area contributed by atoms with E-state index in [2.05, 4.69) is 5.32 Å². The Morgan fingerprint density at radius 2 is 1.90 bits per heavy atom. The Morgan fingerprint density at radius 3 is 2.40 bits per heavy atom. The third-order valence-corrected chi connectivity index (χ3v) is 2.97. The van der Waals surface area contributed by atoms with E-state index in [-0.39, 0.29) is 30.5 Å². The highest BCUT2D eigenvalue weighted by atomic mass is 19.1. The number of carbonyl (C=O) groups is 1. The van der Waals surface area contributed by atoms with Crippen molar-refractivity contribution < 1.29 is 18.7 Å². The van der Waals surface area contributed by atoms with Gasteiger partial charge in [0.2, 0.25) is 5.91 Å². The van der Waals surface area contributed by atoms with Crippen molar-refractivity contribution in [1.29, 1.82) is 0 Å². The topological polar surface area (TPSA) is 52.6 Å². The van der Waals surface area contributed by atoms with Gasteiger partial charge in [-0.1, -0.05) is 6.07 Å². The highest BCUT2D eigenvalue weighted by molar-refractivity contribution is 5.76. The van der Waals surface area contributed by atoms with Crippen molar-refractivity contribution in [3.8, 4) is 0 Å². The molecule has 2 N–H and O–H groups in total. The Balaban J connectivity index is 2.55. The van der Waals surface area contributed by atoms with Crippen LogP contribution in [0, 0.1) is 11.6 Å². The quantitative estimate of drug-likeness (QED) is 0.832. The van der Waals surface area contributed by atoms with E-state index in [4.69, 9.17) is 0 Å². The van der Waals surface area contributed by atoms with E-state index in [1.807, 2.05) is 0 Å². The average molecular weight is 286 g/mol. The highest BCUT2D eigenvalue weighted by Crippen LogP contribution is 2.20. The van der Waals surface area contributed by atoms with Gasteiger partial charge in [-0.05, 0) is 19.1 Å². The number of aliphatic hydroxyl groups is 1. The fourth-order valence-corrected chi connectivity index (χ4v) is 1.76. The molecule has 0 aliphatic rings. The third-order valence-electron chi connectivity index (χ3n) is 2.97. The Morgan fingerprint density at radius 1 is 1.35 bits per heavy atom. The molecule has 4 nitrogen and oxygen atoms in total. The molecule has 0 fully saturated rings. The molecule has 0 radical (unpaired) electrons. The molecule has 1 amide bonds. The minimum Gasteiger partial charge on any atom is -0.387 e. The number of nitrogens with one attached hydrogen (secondary N) is 1. The standard InChI is InChI=1S/C14H20F2N2O2/c1-9(7-13(20)18(2)3)17-8-12(19)14-10(15)5-4-6-11(14)16/h4-6,9,12,17,19H,7-8H2,1-3H3. The van der Waals surface area contributed by atoms with Crippen LogP contribution >= 0.6 is 0 Å². The lowest BCUT2D eigenvalue weighted by Gasteiger charge is -2.19. The summed E-state index contributed by atoms with van der Waals surface area (Å²) in [5.74, 6) is -1.62. The number of aliphatic hydroxyl groups excluding tert-OH is 1. The summed E-state index contributed by atoms with van der Waals surface area (Å²) >= 11 is 0. The zero-order chi connectivity index (χ0) is 15.3. The molecule has 20 heavy (non-hydrogen) atoms. The average Bonchev–Trinajstić information content (AvgIpc) is 2.36.